The van der Waals surface area contributed by atoms with Gasteiger partial charge in [-0.15, -0.1) is 0 Å². The molecule has 5 nitrogen and oxygen atoms in total. The minimum Gasteiger partial charge on any atom is -0.395 e. The lowest BCUT2D eigenvalue weighted by Gasteiger charge is -2.21. The molecule has 2 aromatic rings. The van der Waals surface area contributed by atoms with Crippen LogP contribution in [0.3, 0.4) is 0 Å². The molecule has 0 unspecified atom stereocenters. The average Bonchev–Trinajstić information content (AvgIpc) is 2.96. The molecule has 2 rings (SSSR count). The molecule has 0 aliphatic rings. The first-order valence-electron chi connectivity index (χ1n) is 7.60. The van der Waals surface area contributed by atoms with E-state index >= 15 is 0 Å². The van der Waals surface area contributed by atoms with E-state index in [1.165, 1.54) is 4.90 Å². The first kappa shape index (κ1) is 17.5. The predicted octanol–water partition coefficient (Wildman–Crippen LogP) is 3.16. The number of halogens is 1. The molecule has 0 saturated carbocycles. The van der Waals surface area contributed by atoms with Gasteiger partial charge in [0.1, 0.15) is 0 Å². The molecule has 1 amide bonds. The molecule has 0 atom stereocenters. The summed E-state index contributed by atoms with van der Waals surface area (Å²) in [5.74, 6) is 0.308. The third kappa shape index (κ3) is 4.81. The van der Waals surface area contributed by atoms with Crippen molar-refractivity contribution in [1.29, 1.82) is 0 Å². The zero-order valence-corrected chi connectivity index (χ0v) is 14.1. The average molecular weight is 337 g/mol. The molecule has 0 fully saturated rings. The molecular formula is C17H21ClN2O3. The van der Waals surface area contributed by atoms with Gasteiger partial charge in [0.25, 0.3) is 5.91 Å². The second-order valence-electron chi connectivity index (χ2n) is 5.82. The maximum Gasteiger partial charge on any atom is 0.292 e. The zero-order valence-electron chi connectivity index (χ0n) is 13.3. The molecule has 1 heterocycles. The third-order valence-corrected chi connectivity index (χ3v) is 3.73. The van der Waals surface area contributed by atoms with Crippen LogP contribution in [0, 0.1) is 5.92 Å². The Balaban J connectivity index is 2.15. The number of rotatable bonds is 7. The van der Waals surface area contributed by atoms with Gasteiger partial charge in [-0.05, 0) is 24.0 Å². The van der Waals surface area contributed by atoms with E-state index in [9.17, 15) is 9.90 Å². The van der Waals surface area contributed by atoms with Gasteiger partial charge in [0, 0.05) is 24.2 Å². The lowest BCUT2D eigenvalue weighted by Crippen LogP contribution is -2.33. The van der Waals surface area contributed by atoms with Crippen molar-refractivity contribution < 1.29 is 14.4 Å². The van der Waals surface area contributed by atoms with E-state index in [0.29, 0.717) is 17.5 Å². The van der Waals surface area contributed by atoms with Crippen molar-refractivity contribution in [3.8, 4) is 0 Å². The molecule has 6 heteroatoms. The first-order valence-corrected chi connectivity index (χ1v) is 7.98. The number of hydrogen-bond donors (Lipinski definition) is 1. The van der Waals surface area contributed by atoms with Crippen LogP contribution in [-0.2, 0) is 13.0 Å². The number of aliphatic hydroxyl groups is 1. The molecule has 0 aliphatic carbocycles. The second-order valence-corrected chi connectivity index (χ2v) is 6.23. The summed E-state index contributed by atoms with van der Waals surface area (Å²) in [7, 11) is 0. The lowest BCUT2D eigenvalue weighted by molar-refractivity contribution is 0.0666. The number of hydrogen-bond acceptors (Lipinski definition) is 4. The van der Waals surface area contributed by atoms with Gasteiger partial charge in [-0.3, -0.25) is 4.79 Å². The van der Waals surface area contributed by atoms with Crippen molar-refractivity contribution in [3.05, 3.63) is 52.4 Å². The van der Waals surface area contributed by atoms with Gasteiger partial charge in [0.05, 0.1) is 12.3 Å². The van der Waals surface area contributed by atoms with Gasteiger partial charge >= 0.3 is 0 Å². The number of carbonyl (C=O) groups is 1. The topological polar surface area (TPSA) is 66.6 Å². The Morgan fingerprint density at radius 3 is 2.78 bits per heavy atom. The van der Waals surface area contributed by atoms with Crippen LogP contribution < -0.4 is 0 Å². The summed E-state index contributed by atoms with van der Waals surface area (Å²) in [5.41, 5.74) is 1.57. The van der Waals surface area contributed by atoms with Crippen LogP contribution in [0.15, 0.2) is 34.9 Å². The molecule has 1 aromatic heterocycles. The zero-order chi connectivity index (χ0) is 16.8. The fourth-order valence-electron chi connectivity index (χ4n) is 2.29. The molecular weight excluding hydrogens is 316 g/mol. The van der Waals surface area contributed by atoms with E-state index in [-0.39, 0.29) is 24.8 Å². The molecule has 1 N–H and O–H groups in total. The molecule has 0 aliphatic heterocycles. The monoisotopic (exact) mass is 336 g/mol. The van der Waals surface area contributed by atoms with Crippen molar-refractivity contribution in [1.82, 2.24) is 10.1 Å². The highest BCUT2D eigenvalue weighted by Gasteiger charge is 2.21. The first-order chi connectivity index (χ1) is 11.0. The number of nitrogens with zero attached hydrogens (tertiary/aromatic N) is 2. The smallest absolute Gasteiger partial charge is 0.292 e. The third-order valence-electron chi connectivity index (χ3n) is 3.36. The van der Waals surface area contributed by atoms with E-state index in [4.69, 9.17) is 16.1 Å². The van der Waals surface area contributed by atoms with Gasteiger partial charge in [-0.25, -0.2) is 0 Å². The van der Waals surface area contributed by atoms with E-state index < -0.39 is 0 Å². The number of aromatic nitrogens is 1. The summed E-state index contributed by atoms with van der Waals surface area (Å²) in [6.07, 6.45) is 0.751. The highest BCUT2D eigenvalue weighted by molar-refractivity contribution is 6.31. The normalized spacial score (nSPS) is 11.0. The summed E-state index contributed by atoms with van der Waals surface area (Å²) >= 11 is 6.14. The van der Waals surface area contributed by atoms with E-state index in [1.54, 1.807) is 12.1 Å². The SMILES string of the molecule is CC(C)Cc1cc(C(=O)N(CCO)Cc2ccccc2Cl)on1. The summed E-state index contributed by atoms with van der Waals surface area (Å²) in [5, 5.41) is 13.7. The summed E-state index contributed by atoms with van der Waals surface area (Å²) in [6, 6.07) is 8.98. The molecule has 23 heavy (non-hydrogen) atoms. The maximum atomic E-state index is 12.6. The molecule has 0 radical (unpaired) electrons. The van der Waals surface area contributed by atoms with E-state index in [1.807, 2.05) is 18.2 Å². The van der Waals surface area contributed by atoms with Gasteiger partial charge in [0.15, 0.2) is 0 Å². The lowest BCUT2D eigenvalue weighted by atomic mass is 10.1. The van der Waals surface area contributed by atoms with Crippen molar-refractivity contribution in [2.24, 2.45) is 5.92 Å². The van der Waals surface area contributed by atoms with Gasteiger partial charge in [-0.1, -0.05) is 48.8 Å². The number of benzene rings is 1. The largest absolute Gasteiger partial charge is 0.395 e. The predicted molar refractivity (Wildman–Crippen MR) is 88.3 cm³/mol. The van der Waals surface area contributed by atoms with Crippen LogP contribution in [0.25, 0.3) is 0 Å². The summed E-state index contributed by atoms with van der Waals surface area (Å²) in [4.78, 5) is 14.1. The summed E-state index contributed by atoms with van der Waals surface area (Å²) in [6.45, 7) is 4.52. The minimum absolute atomic E-state index is 0.136. The van der Waals surface area contributed by atoms with Gasteiger partial charge in [-0.2, -0.15) is 0 Å². The fourth-order valence-corrected chi connectivity index (χ4v) is 2.48. The number of aliphatic hydroxyl groups excluding tert-OH is 1. The Labute approximate surface area is 140 Å². The van der Waals surface area contributed by atoms with Crippen LogP contribution >= 0.6 is 11.6 Å². The van der Waals surface area contributed by atoms with Crippen LogP contribution in [0.1, 0.15) is 35.7 Å². The maximum absolute atomic E-state index is 12.6. The highest BCUT2D eigenvalue weighted by atomic mass is 35.5. The van der Waals surface area contributed by atoms with Crippen molar-refractivity contribution >= 4 is 17.5 Å². The molecule has 0 spiro atoms. The highest BCUT2D eigenvalue weighted by Crippen LogP contribution is 2.19. The molecule has 0 saturated heterocycles. The van der Waals surface area contributed by atoms with Crippen molar-refractivity contribution in [2.45, 2.75) is 26.8 Å². The standard InChI is InChI=1S/C17H21ClN2O3/c1-12(2)9-14-10-16(23-19-14)17(22)20(7-8-21)11-13-5-3-4-6-15(13)18/h3-6,10,12,21H,7-9,11H2,1-2H3. The Hall–Kier alpha value is -1.85. The van der Waals surface area contributed by atoms with Crippen LogP contribution in [0.5, 0.6) is 0 Å². The van der Waals surface area contributed by atoms with E-state index in [0.717, 1.165) is 17.7 Å². The second kappa shape index (κ2) is 8.13. The molecule has 1 aromatic carbocycles. The minimum atomic E-state index is -0.304. The van der Waals surface area contributed by atoms with Crippen molar-refractivity contribution in [2.75, 3.05) is 13.2 Å². The Bertz CT molecular complexity index is 655. The van der Waals surface area contributed by atoms with Crippen LogP contribution in [-0.4, -0.2) is 34.2 Å². The molecule has 0 bridgehead atoms. The molecule has 124 valence electrons. The number of amides is 1. The Morgan fingerprint density at radius 1 is 1.39 bits per heavy atom. The van der Waals surface area contributed by atoms with E-state index in [2.05, 4.69) is 19.0 Å². The number of carbonyl (C=O) groups excluding carboxylic acids is 1. The Kier molecular flexibility index (Phi) is 6.19. The fraction of sp³-hybridized carbons (Fsp3) is 0.412. The van der Waals surface area contributed by atoms with Crippen molar-refractivity contribution in [3.63, 3.8) is 0 Å². The summed E-state index contributed by atoms with van der Waals surface area (Å²) < 4.78 is 5.17. The van der Waals surface area contributed by atoms with Crippen LogP contribution in [0.4, 0.5) is 0 Å². The van der Waals surface area contributed by atoms with Crippen LogP contribution in [0.2, 0.25) is 5.02 Å². The van der Waals surface area contributed by atoms with Gasteiger partial charge < -0.3 is 14.5 Å². The van der Waals surface area contributed by atoms with Gasteiger partial charge in [0.2, 0.25) is 5.76 Å². The Morgan fingerprint density at radius 2 is 2.13 bits per heavy atom. The quantitative estimate of drug-likeness (QED) is 0.843.